The van der Waals surface area contributed by atoms with E-state index in [1.165, 1.54) is 4.90 Å². The Hall–Kier alpha value is -1.98. The van der Waals surface area contributed by atoms with E-state index in [4.69, 9.17) is 10.5 Å². The monoisotopic (exact) mass is 266 g/mol. The minimum atomic E-state index is -0.363. The van der Waals surface area contributed by atoms with Crippen LogP contribution in [-0.4, -0.2) is 42.0 Å². The molecule has 0 bridgehead atoms. The van der Waals surface area contributed by atoms with Crippen LogP contribution in [0.4, 0.5) is 11.5 Å². The molecule has 0 aliphatic carbocycles. The highest BCUT2D eigenvalue weighted by molar-refractivity contribution is 5.83. The molecular formula is C13H22N4O2. The van der Waals surface area contributed by atoms with Gasteiger partial charge in [-0.1, -0.05) is 0 Å². The van der Waals surface area contributed by atoms with E-state index in [0.29, 0.717) is 17.4 Å². The van der Waals surface area contributed by atoms with Gasteiger partial charge in [-0.05, 0) is 32.9 Å². The van der Waals surface area contributed by atoms with Crippen LogP contribution < -0.4 is 15.8 Å². The van der Waals surface area contributed by atoms with Crippen LogP contribution in [0.25, 0.3) is 0 Å². The number of nitrogens with one attached hydrogen (secondary N) is 1. The van der Waals surface area contributed by atoms with Crippen molar-refractivity contribution in [3.63, 3.8) is 0 Å². The normalized spacial score (nSPS) is 12.1. The van der Waals surface area contributed by atoms with Crippen LogP contribution in [0.2, 0.25) is 0 Å². The third kappa shape index (κ3) is 4.31. The lowest BCUT2D eigenvalue weighted by Gasteiger charge is -2.19. The Morgan fingerprint density at radius 1 is 1.37 bits per heavy atom. The molecular weight excluding hydrogens is 244 g/mol. The minimum Gasteiger partial charge on any atom is -0.473 e. The molecule has 6 nitrogen and oxygen atoms in total. The number of ether oxygens (including phenoxy) is 1. The summed E-state index contributed by atoms with van der Waals surface area (Å²) in [5.41, 5.74) is 6.26. The topological polar surface area (TPSA) is 80.5 Å². The molecule has 19 heavy (non-hydrogen) atoms. The zero-order valence-corrected chi connectivity index (χ0v) is 12.1. The van der Waals surface area contributed by atoms with Gasteiger partial charge in [0.25, 0.3) is 0 Å². The number of hydrogen-bond donors (Lipinski definition) is 2. The molecule has 1 amide bonds. The second-order valence-electron chi connectivity index (χ2n) is 4.86. The van der Waals surface area contributed by atoms with Crippen LogP contribution in [0.1, 0.15) is 20.8 Å². The highest BCUT2D eigenvalue weighted by Crippen LogP contribution is 2.22. The molecule has 0 saturated carbocycles. The summed E-state index contributed by atoms with van der Waals surface area (Å²) in [6, 6.07) is 3.07. The summed E-state index contributed by atoms with van der Waals surface area (Å²) in [6.45, 7) is 5.59. The molecule has 6 heteroatoms. The van der Waals surface area contributed by atoms with Crippen LogP contribution in [0.5, 0.6) is 5.88 Å². The molecule has 1 rings (SSSR count). The first-order valence-electron chi connectivity index (χ1n) is 6.22. The van der Waals surface area contributed by atoms with Crippen molar-refractivity contribution in [3.8, 4) is 5.88 Å². The number of amides is 1. The van der Waals surface area contributed by atoms with Gasteiger partial charge in [-0.2, -0.15) is 4.98 Å². The fourth-order valence-electron chi connectivity index (χ4n) is 1.52. The quantitative estimate of drug-likeness (QED) is 0.840. The number of nitrogens with zero attached hydrogens (tertiary/aromatic N) is 2. The standard InChI is InChI=1S/C13H22N4O2/c1-8(2)19-12-10(14)6-7-11(16-12)15-9(3)13(18)17(4)5/h6-9H,14H2,1-5H3,(H,15,16). The van der Waals surface area contributed by atoms with Crippen LogP contribution in [-0.2, 0) is 4.79 Å². The lowest BCUT2D eigenvalue weighted by molar-refractivity contribution is -0.129. The molecule has 3 N–H and O–H groups in total. The summed E-state index contributed by atoms with van der Waals surface area (Å²) in [6.07, 6.45) is -0.00844. The average Bonchev–Trinajstić information content (AvgIpc) is 2.31. The Labute approximate surface area is 113 Å². The summed E-state index contributed by atoms with van der Waals surface area (Å²) in [4.78, 5) is 17.5. The van der Waals surface area contributed by atoms with Crippen LogP contribution >= 0.6 is 0 Å². The van der Waals surface area contributed by atoms with E-state index in [9.17, 15) is 4.79 Å². The van der Waals surface area contributed by atoms with Crippen LogP contribution in [0.15, 0.2) is 12.1 Å². The van der Waals surface area contributed by atoms with Gasteiger partial charge in [0, 0.05) is 14.1 Å². The fourth-order valence-corrected chi connectivity index (χ4v) is 1.52. The van der Waals surface area contributed by atoms with Crippen molar-refractivity contribution in [2.45, 2.75) is 32.9 Å². The first-order chi connectivity index (χ1) is 8.81. The van der Waals surface area contributed by atoms with Gasteiger partial charge in [-0.3, -0.25) is 4.79 Å². The molecule has 0 aliphatic rings. The number of hydrogen-bond acceptors (Lipinski definition) is 5. The van der Waals surface area contributed by atoms with Gasteiger partial charge in [-0.15, -0.1) is 0 Å². The predicted octanol–water partition coefficient (Wildman–Crippen LogP) is 1.34. The molecule has 0 fully saturated rings. The summed E-state index contributed by atoms with van der Waals surface area (Å²) in [5, 5.41) is 3.03. The van der Waals surface area contributed by atoms with E-state index in [2.05, 4.69) is 10.3 Å². The molecule has 0 radical (unpaired) electrons. The van der Waals surface area contributed by atoms with E-state index in [0.717, 1.165) is 0 Å². The lowest BCUT2D eigenvalue weighted by atomic mass is 10.3. The molecule has 0 spiro atoms. The largest absolute Gasteiger partial charge is 0.473 e. The third-order valence-electron chi connectivity index (χ3n) is 2.41. The smallest absolute Gasteiger partial charge is 0.244 e. The van der Waals surface area contributed by atoms with Crippen LogP contribution in [0.3, 0.4) is 0 Å². The number of nitrogen functional groups attached to an aromatic ring is 1. The van der Waals surface area contributed by atoms with E-state index in [1.54, 1.807) is 33.2 Å². The summed E-state index contributed by atoms with van der Waals surface area (Å²) in [5.74, 6) is 0.919. The number of rotatable bonds is 5. The van der Waals surface area contributed by atoms with E-state index < -0.39 is 0 Å². The van der Waals surface area contributed by atoms with Gasteiger partial charge in [0.15, 0.2) is 0 Å². The Balaban J connectivity index is 2.82. The van der Waals surface area contributed by atoms with E-state index in [-0.39, 0.29) is 18.1 Å². The van der Waals surface area contributed by atoms with Crippen molar-refractivity contribution in [1.29, 1.82) is 0 Å². The highest BCUT2D eigenvalue weighted by atomic mass is 16.5. The lowest BCUT2D eigenvalue weighted by Crippen LogP contribution is -2.36. The van der Waals surface area contributed by atoms with Gasteiger partial charge in [0.05, 0.1) is 11.8 Å². The Bertz CT molecular complexity index is 446. The zero-order valence-electron chi connectivity index (χ0n) is 12.1. The van der Waals surface area contributed by atoms with Crippen molar-refractivity contribution in [1.82, 2.24) is 9.88 Å². The molecule has 0 saturated heterocycles. The van der Waals surface area contributed by atoms with Gasteiger partial charge in [0.2, 0.25) is 11.8 Å². The number of aromatic nitrogens is 1. The minimum absolute atomic E-state index is 0.00844. The number of anilines is 2. The van der Waals surface area contributed by atoms with E-state index in [1.807, 2.05) is 13.8 Å². The maximum Gasteiger partial charge on any atom is 0.244 e. The van der Waals surface area contributed by atoms with Crippen molar-refractivity contribution in [2.75, 3.05) is 25.1 Å². The average molecular weight is 266 g/mol. The van der Waals surface area contributed by atoms with Crippen molar-refractivity contribution in [3.05, 3.63) is 12.1 Å². The Morgan fingerprint density at radius 3 is 2.53 bits per heavy atom. The van der Waals surface area contributed by atoms with Gasteiger partial charge >= 0.3 is 0 Å². The van der Waals surface area contributed by atoms with Crippen molar-refractivity contribution < 1.29 is 9.53 Å². The number of carbonyl (C=O) groups excluding carboxylic acids is 1. The van der Waals surface area contributed by atoms with Crippen molar-refractivity contribution in [2.24, 2.45) is 0 Å². The third-order valence-corrected chi connectivity index (χ3v) is 2.41. The first-order valence-corrected chi connectivity index (χ1v) is 6.22. The van der Waals surface area contributed by atoms with Gasteiger partial charge in [-0.25, -0.2) is 0 Å². The van der Waals surface area contributed by atoms with Crippen LogP contribution in [0, 0.1) is 0 Å². The maximum atomic E-state index is 11.8. The zero-order chi connectivity index (χ0) is 14.6. The number of nitrogens with two attached hydrogens (primary N) is 1. The number of pyridine rings is 1. The second kappa shape index (κ2) is 6.26. The molecule has 106 valence electrons. The summed E-state index contributed by atoms with van der Waals surface area (Å²) in [7, 11) is 3.43. The Morgan fingerprint density at radius 2 is 2.00 bits per heavy atom. The molecule has 1 aromatic heterocycles. The van der Waals surface area contributed by atoms with Crippen molar-refractivity contribution >= 4 is 17.4 Å². The second-order valence-corrected chi connectivity index (χ2v) is 4.86. The maximum absolute atomic E-state index is 11.8. The molecule has 0 aromatic carbocycles. The summed E-state index contributed by atoms with van der Waals surface area (Å²) >= 11 is 0. The predicted molar refractivity (Wildman–Crippen MR) is 76.2 cm³/mol. The number of likely N-dealkylation sites (N-methyl/N-ethyl adjacent to an activating group) is 1. The number of carbonyl (C=O) groups is 1. The molecule has 1 atom stereocenters. The first kappa shape index (κ1) is 15.1. The summed E-state index contributed by atoms with van der Waals surface area (Å²) < 4.78 is 5.50. The molecule has 1 unspecified atom stereocenters. The fraction of sp³-hybridized carbons (Fsp3) is 0.538. The SMILES string of the molecule is CC(C)Oc1nc(NC(C)C(=O)N(C)C)ccc1N. The molecule has 0 aliphatic heterocycles. The van der Waals surface area contributed by atoms with Gasteiger partial charge < -0.3 is 20.7 Å². The molecule has 1 heterocycles. The Kier molecular flexibility index (Phi) is 4.97. The molecule has 1 aromatic rings. The highest BCUT2D eigenvalue weighted by Gasteiger charge is 2.15. The van der Waals surface area contributed by atoms with E-state index >= 15 is 0 Å². The van der Waals surface area contributed by atoms with Gasteiger partial charge in [0.1, 0.15) is 11.9 Å².